The summed E-state index contributed by atoms with van der Waals surface area (Å²) in [6, 6.07) is 14.4. The minimum Gasteiger partial charge on any atom is -0.312 e. The van der Waals surface area contributed by atoms with E-state index in [9.17, 15) is 4.39 Å². The maximum absolute atomic E-state index is 13.8. The van der Waals surface area contributed by atoms with E-state index >= 15 is 0 Å². The van der Waals surface area contributed by atoms with E-state index in [2.05, 4.69) is 5.32 Å². The quantitative estimate of drug-likeness (QED) is 0.852. The molecule has 0 unspecified atom stereocenters. The molecule has 0 amide bonds. The summed E-state index contributed by atoms with van der Waals surface area (Å²) < 4.78 is 13.8. The van der Waals surface area contributed by atoms with Crippen molar-refractivity contribution in [2.75, 3.05) is 6.54 Å². The van der Waals surface area contributed by atoms with Gasteiger partial charge < -0.3 is 5.32 Å². The second-order valence-electron chi connectivity index (χ2n) is 4.44. The molecule has 0 fully saturated rings. The Labute approximate surface area is 122 Å². The van der Waals surface area contributed by atoms with Gasteiger partial charge in [0.25, 0.3) is 0 Å². The van der Waals surface area contributed by atoms with Crippen molar-refractivity contribution in [1.82, 2.24) is 5.32 Å². The maximum atomic E-state index is 13.8. The first-order chi connectivity index (χ1) is 9.70. The van der Waals surface area contributed by atoms with Gasteiger partial charge in [-0.05, 0) is 36.7 Å². The number of benzene rings is 2. The molecule has 20 heavy (non-hydrogen) atoms. The third kappa shape index (κ3) is 3.80. The first kappa shape index (κ1) is 14.5. The summed E-state index contributed by atoms with van der Waals surface area (Å²) in [5, 5.41) is 12.7. The molecule has 0 radical (unpaired) electrons. The summed E-state index contributed by atoms with van der Waals surface area (Å²) in [7, 11) is 0. The maximum Gasteiger partial charge on any atom is 0.145 e. The van der Waals surface area contributed by atoms with Crippen LogP contribution in [-0.4, -0.2) is 6.54 Å². The molecule has 2 rings (SSSR count). The molecule has 0 bridgehead atoms. The van der Waals surface area contributed by atoms with Crippen LogP contribution in [0, 0.1) is 17.1 Å². The molecule has 102 valence electrons. The third-order valence-corrected chi connectivity index (χ3v) is 3.27. The molecule has 0 heterocycles. The lowest BCUT2D eigenvalue weighted by atomic mass is 10.1. The zero-order chi connectivity index (χ0) is 14.4. The van der Waals surface area contributed by atoms with Gasteiger partial charge >= 0.3 is 0 Å². The van der Waals surface area contributed by atoms with Gasteiger partial charge in [-0.2, -0.15) is 5.26 Å². The van der Waals surface area contributed by atoms with Crippen LogP contribution in [-0.2, 0) is 13.0 Å². The van der Waals surface area contributed by atoms with Crippen molar-refractivity contribution in [2.24, 2.45) is 0 Å². The standard InChI is InChI=1S/C16H14ClFN2/c17-15-6-4-12(5-7-15)8-9-20-11-14-3-1-2-13(10-19)16(14)18/h1-7,20H,8-9,11H2. The van der Waals surface area contributed by atoms with E-state index in [0.717, 1.165) is 18.0 Å². The lowest BCUT2D eigenvalue weighted by Crippen LogP contribution is -2.17. The SMILES string of the molecule is N#Cc1cccc(CNCCc2ccc(Cl)cc2)c1F. The summed E-state index contributed by atoms with van der Waals surface area (Å²) in [6.45, 7) is 1.15. The lowest BCUT2D eigenvalue weighted by molar-refractivity contribution is 0.585. The van der Waals surface area contributed by atoms with Gasteiger partial charge in [-0.25, -0.2) is 4.39 Å². The molecule has 0 aliphatic carbocycles. The van der Waals surface area contributed by atoms with Crippen LogP contribution >= 0.6 is 11.6 Å². The van der Waals surface area contributed by atoms with Gasteiger partial charge in [0.05, 0.1) is 5.56 Å². The van der Waals surface area contributed by atoms with E-state index in [0.29, 0.717) is 12.1 Å². The molecule has 0 spiro atoms. The molecule has 1 N–H and O–H groups in total. The largest absolute Gasteiger partial charge is 0.312 e. The van der Waals surface area contributed by atoms with E-state index < -0.39 is 5.82 Å². The second-order valence-corrected chi connectivity index (χ2v) is 4.88. The summed E-state index contributed by atoms with van der Waals surface area (Å²) >= 11 is 5.82. The minimum absolute atomic E-state index is 0.0852. The van der Waals surface area contributed by atoms with E-state index in [4.69, 9.17) is 16.9 Å². The lowest BCUT2D eigenvalue weighted by Gasteiger charge is -2.07. The summed E-state index contributed by atoms with van der Waals surface area (Å²) in [5.41, 5.74) is 1.77. The average Bonchev–Trinajstić information content (AvgIpc) is 2.47. The Hall–Kier alpha value is -1.89. The molecule has 0 atom stereocenters. The molecule has 0 aliphatic rings. The first-order valence-electron chi connectivity index (χ1n) is 6.33. The van der Waals surface area contributed by atoms with Gasteiger partial charge in [-0.1, -0.05) is 35.9 Å². The summed E-state index contributed by atoms with van der Waals surface area (Å²) in [6.07, 6.45) is 0.844. The molecule has 2 aromatic carbocycles. The van der Waals surface area contributed by atoms with Crippen molar-refractivity contribution in [2.45, 2.75) is 13.0 Å². The number of halogens is 2. The first-order valence-corrected chi connectivity index (χ1v) is 6.71. The van der Waals surface area contributed by atoms with Gasteiger partial charge in [-0.15, -0.1) is 0 Å². The van der Waals surface area contributed by atoms with Crippen LogP contribution in [0.25, 0.3) is 0 Å². The third-order valence-electron chi connectivity index (χ3n) is 3.02. The van der Waals surface area contributed by atoms with Gasteiger partial charge in [-0.3, -0.25) is 0 Å². The predicted octanol–water partition coefficient (Wildman–Crippen LogP) is 3.68. The topological polar surface area (TPSA) is 35.8 Å². The molecule has 2 nitrogen and oxygen atoms in total. The number of nitrogens with zero attached hydrogens (tertiary/aromatic N) is 1. The van der Waals surface area contributed by atoms with Crippen LogP contribution in [0.15, 0.2) is 42.5 Å². The zero-order valence-electron chi connectivity index (χ0n) is 10.9. The van der Waals surface area contributed by atoms with Gasteiger partial charge in [0.15, 0.2) is 0 Å². The normalized spacial score (nSPS) is 10.2. The Morgan fingerprint density at radius 1 is 1.15 bits per heavy atom. The number of nitrogens with one attached hydrogen (secondary N) is 1. The van der Waals surface area contributed by atoms with E-state index in [1.807, 2.05) is 30.3 Å². The fraction of sp³-hybridized carbons (Fsp3) is 0.188. The van der Waals surface area contributed by atoms with E-state index in [1.54, 1.807) is 12.1 Å². The average molecular weight is 289 g/mol. The predicted molar refractivity (Wildman–Crippen MR) is 78.0 cm³/mol. The van der Waals surface area contributed by atoms with E-state index in [-0.39, 0.29) is 5.56 Å². The molecule has 4 heteroatoms. The fourth-order valence-corrected chi connectivity index (χ4v) is 2.04. The molecule has 2 aromatic rings. The highest BCUT2D eigenvalue weighted by Crippen LogP contribution is 2.12. The molecule has 0 aliphatic heterocycles. The Morgan fingerprint density at radius 2 is 1.90 bits per heavy atom. The Kier molecular flexibility index (Phi) is 5.11. The monoisotopic (exact) mass is 288 g/mol. The number of hydrogen-bond acceptors (Lipinski definition) is 2. The van der Waals surface area contributed by atoms with Crippen LogP contribution in [0.2, 0.25) is 5.02 Å². The zero-order valence-corrected chi connectivity index (χ0v) is 11.6. The van der Waals surface area contributed by atoms with Crippen molar-refractivity contribution in [1.29, 1.82) is 5.26 Å². The van der Waals surface area contributed by atoms with Crippen molar-refractivity contribution >= 4 is 11.6 Å². The smallest absolute Gasteiger partial charge is 0.145 e. The highest BCUT2D eigenvalue weighted by Gasteiger charge is 2.06. The summed E-state index contributed by atoms with van der Waals surface area (Å²) in [5.74, 6) is -0.436. The minimum atomic E-state index is -0.436. The van der Waals surface area contributed by atoms with Crippen LogP contribution in [0.3, 0.4) is 0 Å². The van der Waals surface area contributed by atoms with Crippen molar-refractivity contribution in [3.63, 3.8) is 0 Å². The highest BCUT2D eigenvalue weighted by atomic mass is 35.5. The molecule has 0 saturated carbocycles. The van der Waals surface area contributed by atoms with Gasteiger partial charge in [0.2, 0.25) is 0 Å². The van der Waals surface area contributed by atoms with Crippen molar-refractivity contribution < 1.29 is 4.39 Å². The van der Waals surface area contributed by atoms with Crippen LogP contribution in [0.5, 0.6) is 0 Å². The van der Waals surface area contributed by atoms with Gasteiger partial charge in [0, 0.05) is 17.1 Å². The molecular weight excluding hydrogens is 275 g/mol. The van der Waals surface area contributed by atoms with Crippen LogP contribution in [0.4, 0.5) is 4.39 Å². The molecule has 0 saturated heterocycles. The van der Waals surface area contributed by atoms with Crippen LogP contribution < -0.4 is 5.32 Å². The molecule has 0 aromatic heterocycles. The Morgan fingerprint density at radius 3 is 2.60 bits per heavy atom. The van der Waals surface area contributed by atoms with Crippen molar-refractivity contribution in [3.8, 4) is 6.07 Å². The summed E-state index contributed by atoms with van der Waals surface area (Å²) in [4.78, 5) is 0. The van der Waals surface area contributed by atoms with Crippen molar-refractivity contribution in [3.05, 3.63) is 70.0 Å². The molecular formula is C16H14ClFN2. The van der Waals surface area contributed by atoms with Gasteiger partial charge in [0.1, 0.15) is 11.9 Å². The number of nitriles is 1. The Balaban J connectivity index is 1.85. The number of rotatable bonds is 5. The Bertz CT molecular complexity index is 617. The number of hydrogen-bond donors (Lipinski definition) is 1. The van der Waals surface area contributed by atoms with E-state index in [1.165, 1.54) is 11.6 Å². The fourth-order valence-electron chi connectivity index (χ4n) is 1.91. The second kappa shape index (κ2) is 7.04. The van der Waals surface area contributed by atoms with Crippen LogP contribution in [0.1, 0.15) is 16.7 Å². The highest BCUT2D eigenvalue weighted by molar-refractivity contribution is 6.30.